The van der Waals surface area contributed by atoms with Crippen molar-refractivity contribution in [2.24, 2.45) is 27.4 Å². The number of aliphatic imine (C=N–C) groups is 2. The van der Waals surface area contributed by atoms with Crippen molar-refractivity contribution in [1.82, 2.24) is 0 Å². The van der Waals surface area contributed by atoms with E-state index in [2.05, 4.69) is 37.6 Å². The van der Waals surface area contributed by atoms with Crippen LogP contribution in [0.4, 0.5) is 4.39 Å². The first-order chi connectivity index (χ1) is 21.4. The number of carboxylic acid groups (broad SMARTS) is 1. The van der Waals surface area contributed by atoms with Crippen molar-refractivity contribution in [3.05, 3.63) is 111 Å². The van der Waals surface area contributed by atoms with Crippen LogP contribution < -0.4 is 16.2 Å². The van der Waals surface area contributed by atoms with Gasteiger partial charge < -0.3 is 21.3 Å². The molecule has 3 aromatic rings. The van der Waals surface area contributed by atoms with Crippen LogP contribution in [0.3, 0.4) is 0 Å². The van der Waals surface area contributed by atoms with E-state index in [0.717, 1.165) is 27.3 Å². The maximum absolute atomic E-state index is 13.9. The SMILES string of the molecule is COc1cc(C(C)(C)C2=CN=C(SCc3ccc(C#CCN=C(N)N)c(C(=O)O)c3)CC(c3ccc(F)cc3)C2C)ccc1Cl. The Morgan fingerprint density at radius 1 is 1.18 bits per heavy atom. The van der Waals surface area contributed by atoms with Crippen molar-refractivity contribution < 1.29 is 19.0 Å². The Labute approximate surface area is 272 Å². The van der Waals surface area contributed by atoms with Gasteiger partial charge >= 0.3 is 5.97 Å². The predicted molar refractivity (Wildman–Crippen MR) is 182 cm³/mol. The molecule has 0 spiro atoms. The average Bonchev–Trinajstić information content (AvgIpc) is 3.17. The molecule has 0 aromatic heterocycles. The number of aromatic carboxylic acids is 1. The van der Waals surface area contributed by atoms with Crippen molar-refractivity contribution in [3.63, 3.8) is 0 Å². The van der Waals surface area contributed by atoms with Crippen LogP contribution >= 0.6 is 23.4 Å². The van der Waals surface area contributed by atoms with Gasteiger partial charge in [-0.1, -0.05) is 68.5 Å². The quantitative estimate of drug-likeness (QED) is 0.136. The third kappa shape index (κ3) is 8.27. The van der Waals surface area contributed by atoms with Gasteiger partial charge in [-0.15, -0.1) is 11.8 Å². The molecule has 1 aliphatic rings. The fraction of sp³-hybridized carbons (Fsp3) is 0.286. The van der Waals surface area contributed by atoms with Crippen LogP contribution in [0.5, 0.6) is 5.75 Å². The van der Waals surface area contributed by atoms with Crippen LogP contribution in [0.1, 0.15) is 65.7 Å². The summed E-state index contributed by atoms with van der Waals surface area (Å²) in [6, 6.07) is 17.7. The molecule has 10 heteroatoms. The summed E-state index contributed by atoms with van der Waals surface area (Å²) in [6.07, 6.45) is 2.59. The van der Waals surface area contributed by atoms with Gasteiger partial charge in [-0.3, -0.25) is 4.99 Å². The number of carboxylic acids is 1. The molecule has 3 aromatic carbocycles. The average molecular weight is 647 g/mol. The predicted octanol–water partition coefficient (Wildman–Crippen LogP) is 7.13. The van der Waals surface area contributed by atoms with Crippen LogP contribution in [0.25, 0.3) is 0 Å². The maximum atomic E-state index is 13.9. The van der Waals surface area contributed by atoms with Crippen LogP contribution in [0.15, 0.2) is 82.4 Å². The molecule has 0 aliphatic carbocycles. The lowest BCUT2D eigenvalue weighted by Gasteiger charge is -2.35. The number of hydrogen-bond donors (Lipinski definition) is 3. The first kappa shape index (κ1) is 33.6. The second-order valence-electron chi connectivity index (χ2n) is 11.2. The van der Waals surface area contributed by atoms with E-state index in [1.165, 1.54) is 12.1 Å². The number of nitrogens with zero attached hydrogens (tertiary/aromatic N) is 2. The van der Waals surface area contributed by atoms with Crippen LogP contribution in [-0.4, -0.2) is 35.7 Å². The van der Waals surface area contributed by atoms with Gasteiger partial charge in [-0.2, -0.15) is 0 Å². The molecular weight excluding hydrogens is 611 g/mol. The number of hydrogen-bond acceptors (Lipinski definition) is 5. The molecule has 1 aliphatic heterocycles. The minimum absolute atomic E-state index is 0.0246. The monoisotopic (exact) mass is 646 g/mol. The standard InChI is InChI=1S/C35H36ClFN4O3S/c1-21-27(24-9-12-26(37)13-10-24)18-32(41-19-29(21)35(2,3)25-11-14-30(36)31(17-25)44-4)45-20-22-7-8-23(28(16-22)33(42)43)6-5-15-40-34(38)39/h7-14,16-17,19,21,27H,15,18,20H2,1-4H3,(H,42,43)(H4,38,39,40). The Balaban J connectivity index is 1.66. The van der Waals surface area contributed by atoms with E-state index in [1.807, 2.05) is 42.6 Å². The lowest BCUT2D eigenvalue weighted by Crippen LogP contribution is -2.27. The highest BCUT2D eigenvalue weighted by Crippen LogP contribution is 2.46. The second-order valence-corrected chi connectivity index (χ2v) is 12.7. The van der Waals surface area contributed by atoms with Crippen molar-refractivity contribution >= 4 is 40.3 Å². The Morgan fingerprint density at radius 3 is 2.58 bits per heavy atom. The van der Waals surface area contributed by atoms with E-state index in [9.17, 15) is 14.3 Å². The van der Waals surface area contributed by atoms with Crippen molar-refractivity contribution in [2.75, 3.05) is 13.7 Å². The van der Waals surface area contributed by atoms with Gasteiger partial charge in [0.1, 0.15) is 18.1 Å². The van der Waals surface area contributed by atoms with E-state index in [4.69, 9.17) is 32.8 Å². The molecule has 2 unspecified atom stereocenters. The largest absolute Gasteiger partial charge is 0.495 e. The molecule has 234 valence electrons. The highest BCUT2D eigenvalue weighted by molar-refractivity contribution is 8.13. The number of halogens is 2. The molecule has 2 atom stereocenters. The lowest BCUT2D eigenvalue weighted by atomic mass is 9.68. The Morgan fingerprint density at radius 2 is 1.91 bits per heavy atom. The molecule has 0 amide bonds. The summed E-state index contributed by atoms with van der Waals surface area (Å²) in [6.45, 7) is 6.57. The molecule has 0 saturated heterocycles. The number of thioether (sulfide) groups is 1. The molecule has 1 heterocycles. The molecule has 4 rings (SSSR count). The van der Waals surface area contributed by atoms with E-state index in [1.54, 1.807) is 31.0 Å². The number of methoxy groups -OCH3 is 1. The minimum atomic E-state index is -1.07. The molecule has 0 bridgehead atoms. The summed E-state index contributed by atoms with van der Waals surface area (Å²) in [7, 11) is 1.60. The topological polar surface area (TPSA) is 123 Å². The van der Waals surface area contributed by atoms with E-state index in [0.29, 0.717) is 28.5 Å². The fourth-order valence-electron chi connectivity index (χ4n) is 5.45. The summed E-state index contributed by atoms with van der Waals surface area (Å²) in [5.74, 6) is 5.37. The van der Waals surface area contributed by atoms with Crippen LogP contribution in [0.2, 0.25) is 5.02 Å². The minimum Gasteiger partial charge on any atom is -0.495 e. The number of rotatable bonds is 8. The van der Waals surface area contributed by atoms with Crippen molar-refractivity contribution in [1.29, 1.82) is 0 Å². The summed E-state index contributed by atoms with van der Waals surface area (Å²) < 4.78 is 19.4. The van der Waals surface area contributed by atoms with Crippen molar-refractivity contribution in [3.8, 4) is 17.6 Å². The summed E-state index contributed by atoms with van der Waals surface area (Å²) >= 11 is 7.89. The molecule has 45 heavy (non-hydrogen) atoms. The number of guanidine groups is 1. The van der Waals surface area contributed by atoms with Gasteiger partial charge in [0, 0.05) is 29.4 Å². The molecule has 0 fully saturated rings. The van der Waals surface area contributed by atoms with E-state index in [-0.39, 0.29) is 35.7 Å². The highest BCUT2D eigenvalue weighted by Gasteiger charge is 2.36. The highest BCUT2D eigenvalue weighted by atomic mass is 35.5. The number of benzene rings is 3. The molecule has 0 radical (unpaired) electrons. The Bertz CT molecular complexity index is 1720. The number of nitrogens with two attached hydrogens (primary N) is 2. The zero-order valence-corrected chi connectivity index (χ0v) is 27.2. The molecule has 5 N–H and O–H groups in total. The van der Waals surface area contributed by atoms with Crippen LogP contribution in [0, 0.1) is 23.6 Å². The first-order valence-electron chi connectivity index (χ1n) is 14.3. The van der Waals surface area contributed by atoms with Gasteiger partial charge in [0.25, 0.3) is 0 Å². The fourth-order valence-corrected chi connectivity index (χ4v) is 6.58. The van der Waals surface area contributed by atoms with Gasteiger partial charge in [-0.05, 0) is 70.5 Å². The van der Waals surface area contributed by atoms with Gasteiger partial charge in [0.05, 0.1) is 22.7 Å². The smallest absolute Gasteiger partial charge is 0.336 e. The second kappa shape index (κ2) is 14.7. The Kier molecular flexibility index (Phi) is 11.0. The third-order valence-corrected chi connectivity index (χ3v) is 9.41. The lowest BCUT2D eigenvalue weighted by molar-refractivity contribution is 0.0696. The zero-order valence-electron chi connectivity index (χ0n) is 25.6. The Hall–Kier alpha value is -4.26. The third-order valence-electron chi connectivity index (χ3n) is 8.01. The normalized spacial score (nSPS) is 16.4. The van der Waals surface area contributed by atoms with E-state index >= 15 is 0 Å². The molecular formula is C35H36ClFN4O3S. The summed E-state index contributed by atoms with van der Waals surface area (Å²) in [5.41, 5.74) is 14.7. The van der Waals surface area contributed by atoms with E-state index < -0.39 is 11.4 Å². The summed E-state index contributed by atoms with van der Waals surface area (Å²) in [5, 5.41) is 11.3. The number of carbonyl (C=O) groups is 1. The van der Waals surface area contributed by atoms with Crippen molar-refractivity contribution in [2.45, 2.75) is 44.3 Å². The summed E-state index contributed by atoms with van der Waals surface area (Å²) in [4.78, 5) is 20.8. The van der Waals surface area contributed by atoms with Crippen LogP contribution in [-0.2, 0) is 11.2 Å². The maximum Gasteiger partial charge on any atom is 0.336 e. The number of ether oxygens (including phenoxy) is 1. The molecule has 0 saturated carbocycles. The zero-order chi connectivity index (χ0) is 32.7. The first-order valence-corrected chi connectivity index (χ1v) is 15.7. The van der Waals surface area contributed by atoms with Gasteiger partial charge in [-0.25, -0.2) is 14.2 Å². The molecule has 7 nitrogen and oxygen atoms in total. The van der Waals surface area contributed by atoms with Gasteiger partial charge in [0.15, 0.2) is 5.96 Å². The van der Waals surface area contributed by atoms with Gasteiger partial charge in [0.2, 0.25) is 0 Å². The number of allylic oxidation sites excluding steroid dienone is 1.